The topological polar surface area (TPSA) is 0 Å². The van der Waals surface area contributed by atoms with Crippen molar-refractivity contribution in [3.63, 3.8) is 0 Å². The molecule has 2 aromatic rings. The van der Waals surface area contributed by atoms with Crippen LogP contribution in [0.3, 0.4) is 0 Å². The molecular formula is C14H13Cl2PTi. The van der Waals surface area contributed by atoms with Crippen LogP contribution in [0, 0.1) is 0 Å². The van der Waals surface area contributed by atoms with E-state index in [1.54, 1.807) is 3.60 Å². The van der Waals surface area contributed by atoms with Crippen LogP contribution in [0.2, 0.25) is 0 Å². The molecule has 0 nitrogen and oxygen atoms in total. The fraction of sp³-hybridized carbons (Fsp3) is 0.143. The van der Waals surface area contributed by atoms with Crippen molar-refractivity contribution in [3.8, 4) is 0 Å². The van der Waals surface area contributed by atoms with Gasteiger partial charge in [-0.25, -0.2) is 0 Å². The standard InChI is InChI=1S/C10H9.C4H4P.2ClH.Ti/c1-8-6-7-9-4-2-3-5-10(8)9;1-2-4-5-3-1;;;/h2-7H,1H3;1-3,5H;2*1H;/q;;;;+2/p-2. The quantitative estimate of drug-likeness (QED) is 0.529. The molecule has 2 unspecified atom stereocenters. The molecule has 1 heterocycles. The van der Waals surface area contributed by atoms with Crippen LogP contribution in [0.5, 0.6) is 0 Å². The molecule has 4 heteroatoms. The van der Waals surface area contributed by atoms with Crippen LogP contribution in [0.25, 0.3) is 6.08 Å². The maximum Gasteiger partial charge on any atom is -1.00 e. The third kappa shape index (κ3) is 2.95. The number of hydrogen-bond acceptors (Lipinski definition) is 0. The summed E-state index contributed by atoms with van der Waals surface area (Å²) in [6.45, 7) is 2.40. The van der Waals surface area contributed by atoms with Crippen molar-refractivity contribution in [2.75, 3.05) is 0 Å². The Hall–Kier alpha value is 0.0343. The number of benzene rings is 1. The molecule has 0 saturated heterocycles. The summed E-state index contributed by atoms with van der Waals surface area (Å²) in [5, 5.41) is 0. The normalized spacial score (nSPS) is 19.8. The summed E-state index contributed by atoms with van der Waals surface area (Å²) in [6, 6.07) is 13.4. The zero-order valence-electron chi connectivity index (χ0n) is 9.95. The summed E-state index contributed by atoms with van der Waals surface area (Å²) >= 11 is -0.0792. The van der Waals surface area contributed by atoms with E-state index >= 15 is 0 Å². The average molecular weight is 331 g/mol. The molecular weight excluding hydrogens is 318 g/mol. The second-order valence-corrected chi connectivity index (χ2v) is 9.13. The number of rotatable bonds is 2. The van der Waals surface area contributed by atoms with E-state index in [-0.39, 0.29) is 44.0 Å². The maximum atomic E-state index is 2.42. The molecule has 0 aliphatic heterocycles. The van der Waals surface area contributed by atoms with Gasteiger partial charge in [0.1, 0.15) is 0 Å². The third-order valence-electron chi connectivity index (χ3n) is 3.11. The molecule has 1 aromatic heterocycles. The Labute approximate surface area is 131 Å². The molecule has 0 fully saturated rings. The van der Waals surface area contributed by atoms with Crippen LogP contribution < -0.4 is 28.4 Å². The van der Waals surface area contributed by atoms with Crippen molar-refractivity contribution in [2.24, 2.45) is 0 Å². The Morgan fingerprint density at radius 1 is 1.06 bits per heavy atom. The first-order chi connectivity index (χ1) is 7.78. The molecule has 0 amide bonds. The largest absolute Gasteiger partial charge is 1.00 e. The van der Waals surface area contributed by atoms with E-state index in [0.717, 1.165) is 8.19 Å². The Morgan fingerprint density at radius 3 is 2.56 bits per heavy atom. The first-order valence-corrected chi connectivity index (χ1v) is 8.12. The number of hydrogen-bond donors (Lipinski definition) is 0. The number of halogens is 2. The monoisotopic (exact) mass is 330 g/mol. The van der Waals surface area contributed by atoms with Crippen LogP contribution in [0.4, 0.5) is 0 Å². The minimum absolute atomic E-state index is 0. The minimum Gasteiger partial charge on any atom is -1.00 e. The molecule has 1 aromatic carbocycles. The minimum atomic E-state index is -0.0792. The maximum absolute atomic E-state index is 2.42. The Morgan fingerprint density at radius 2 is 1.83 bits per heavy atom. The summed E-state index contributed by atoms with van der Waals surface area (Å²) in [4.78, 5) is 0. The molecule has 18 heavy (non-hydrogen) atoms. The Bertz CT molecular complexity index is 536. The van der Waals surface area contributed by atoms with Gasteiger partial charge in [0, 0.05) is 0 Å². The van der Waals surface area contributed by atoms with E-state index < -0.39 is 0 Å². The van der Waals surface area contributed by atoms with Crippen LogP contribution in [-0.4, -0.2) is 0 Å². The Balaban J connectivity index is 0.000000810. The first-order valence-electron chi connectivity index (χ1n) is 5.48. The van der Waals surface area contributed by atoms with Crippen molar-refractivity contribution in [3.05, 3.63) is 59.4 Å². The van der Waals surface area contributed by atoms with E-state index in [2.05, 4.69) is 61.3 Å². The van der Waals surface area contributed by atoms with Gasteiger partial charge in [-0.05, 0) is 0 Å². The van der Waals surface area contributed by atoms with E-state index in [0.29, 0.717) is 3.72 Å². The molecule has 92 valence electrons. The van der Waals surface area contributed by atoms with Crippen LogP contribution in [0.1, 0.15) is 18.1 Å². The van der Waals surface area contributed by atoms with Crippen molar-refractivity contribution in [1.29, 1.82) is 0 Å². The van der Waals surface area contributed by atoms with E-state index in [4.69, 9.17) is 0 Å². The van der Waals surface area contributed by atoms with E-state index in [9.17, 15) is 0 Å². The molecule has 1 aliphatic rings. The van der Waals surface area contributed by atoms with E-state index in [1.807, 2.05) is 0 Å². The van der Waals surface area contributed by atoms with Gasteiger partial charge in [0.25, 0.3) is 0 Å². The second kappa shape index (κ2) is 6.46. The van der Waals surface area contributed by atoms with Gasteiger partial charge >= 0.3 is 107 Å². The summed E-state index contributed by atoms with van der Waals surface area (Å²) < 4.78 is 2.03. The smallest absolute Gasteiger partial charge is 1.00 e. The fourth-order valence-electron chi connectivity index (χ4n) is 2.26. The zero-order chi connectivity index (χ0) is 11.0. The van der Waals surface area contributed by atoms with Gasteiger partial charge in [-0.2, -0.15) is 0 Å². The van der Waals surface area contributed by atoms with Crippen molar-refractivity contribution >= 4 is 17.9 Å². The number of allylic oxidation sites excluding steroid dienone is 1. The molecule has 0 radical (unpaired) electrons. The van der Waals surface area contributed by atoms with Crippen molar-refractivity contribution in [1.82, 2.24) is 0 Å². The van der Waals surface area contributed by atoms with Crippen LogP contribution in [0.15, 0.2) is 48.3 Å². The molecule has 3 rings (SSSR count). The summed E-state index contributed by atoms with van der Waals surface area (Å²) in [5.74, 6) is 2.30. The molecule has 1 aliphatic carbocycles. The predicted molar refractivity (Wildman–Crippen MR) is 68.4 cm³/mol. The zero-order valence-corrected chi connectivity index (χ0v) is 14.0. The molecule has 2 atom stereocenters. The molecule has 0 saturated carbocycles. The average Bonchev–Trinajstić information content (AvgIpc) is 2.89. The van der Waals surface area contributed by atoms with Crippen molar-refractivity contribution < 1.29 is 44.0 Å². The van der Waals surface area contributed by atoms with E-state index in [1.165, 1.54) is 11.1 Å². The van der Waals surface area contributed by atoms with Gasteiger partial charge in [0.2, 0.25) is 0 Å². The predicted octanol–water partition coefficient (Wildman–Crippen LogP) is -2.62. The molecule has 0 N–H and O–H groups in total. The van der Waals surface area contributed by atoms with Gasteiger partial charge in [-0.1, -0.05) is 0 Å². The van der Waals surface area contributed by atoms with Gasteiger partial charge < -0.3 is 24.8 Å². The molecule has 0 bridgehead atoms. The fourth-order valence-corrected chi connectivity index (χ4v) is 6.67. The van der Waals surface area contributed by atoms with Gasteiger partial charge in [-0.3, -0.25) is 0 Å². The Kier molecular flexibility index (Phi) is 5.78. The van der Waals surface area contributed by atoms with Gasteiger partial charge in [0.05, 0.1) is 0 Å². The van der Waals surface area contributed by atoms with Crippen LogP contribution >= 0.6 is 8.19 Å². The SMILES string of the molecule is C[C]1([Ti+2][c]2ccc[pH]2)C=Cc2ccccc21.[Cl-].[Cl-]. The summed E-state index contributed by atoms with van der Waals surface area (Å²) in [6.07, 6.45) is 4.71. The summed E-state index contributed by atoms with van der Waals surface area (Å²) in [7, 11) is 0.947. The summed E-state index contributed by atoms with van der Waals surface area (Å²) in [5.41, 5.74) is 2.95. The molecule has 0 spiro atoms. The van der Waals surface area contributed by atoms with Gasteiger partial charge in [-0.15, -0.1) is 0 Å². The third-order valence-corrected chi connectivity index (χ3v) is 7.31. The second-order valence-electron chi connectivity index (χ2n) is 4.33. The van der Waals surface area contributed by atoms with Crippen LogP contribution in [-0.2, 0) is 22.9 Å². The number of fused-ring (bicyclic) bond motifs is 1. The first kappa shape index (κ1) is 16.1. The van der Waals surface area contributed by atoms with Crippen molar-refractivity contribution in [2.45, 2.75) is 10.6 Å². The van der Waals surface area contributed by atoms with Gasteiger partial charge in [0.15, 0.2) is 0 Å².